The number of rotatable bonds is 7. The molecule has 1 heterocycles. The minimum atomic E-state index is -4.36. The van der Waals surface area contributed by atoms with Gasteiger partial charge in [0.2, 0.25) is 0 Å². The molecule has 0 bridgehead atoms. The van der Waals surface area contributed by atoms with Crippen LogP contribution in [0.25, 0.3) is 0 Å². The van der Waals surface area contributed by atoms with Gasteiger partial charge in [-0.05, 0) is 55.3 Å². The lowest BCUT2D eigenvalue weighted by atomic mass is 9.72. The molecule has 0 aromatic heterocycles. The van der Waals surface area contributed by atoms with Crippen LogP contribution < -0.4 is 4.74 Å². The van der Waals surface area contributed by atoms with E-state index in [0.717, 1.165) is 82.5 Å². The maximum Gasteiger partial charge on any atom is 0.416 e. The number of hydrogen-bond donors (Lipinski definition) is 1. The third-order valence-corrected chi connectivity index (χ3v) is 7.73. The van der Waals surface area contributed by atoms with E-state index in [0.29, 0.717) is 16.3 Å². The number of benzene rings is 2. The summed E-state index contributed by atoms with van der Waals surface area (Å²) in [7, 11) is 2.13. The van der Waals surface area contributed by atoms with Crippen molar-refractivity contribution in [2.45, 2.75) is 56.4 Å². The molecule has 4 nitrogen and oxygen atoms in total. The molecular weight excluding hydrogens is 548 g/mol. The summed E-state index contributed by atoms with van der Waals surface area (Å²) < 4.78 is 44.2. The van der Waals surface area contributed by atoms with Gasteiger partial charge in [-0.15, -0.1) is 24.8 Å². The zero-order chi connectivity index (χ0) is 25.1. The van der Waals surface area contributed by atoms with Gasteiger partial charge in [0.05, 0.1) is 16.2 Å². The van der Waals surface area contributed by atoms with Crippen LogP contribution in [0.3, 0.4) is 0 Å². The predicted octanol–water partition coefficient (Wildman–Crippen LogP) is 6.81. The Bertz CT molecular complexity index is 978. The largest absolute Gasteiger partial charge is 0.487 e. The van der Waals surface area contributed by atoms with Crippen molar-refractivity contribution in [3.8, 4) is 5.75 Å². The summed E-state index contributed by atoms with van der Waals surface area (Å²) in [5, 5.41) is 12.1. The fourth-order valence-corrected chi connectivity index (χ4v) is 5.43. The molecule has 1 saturated heterocycles. The van der Waals surface area contributed by atoms with E-state index in [4.69, 9.17) is 16.3 Å². The topological polar surface area (TPSA) is 35.9 Å². The molecule has 0 amide bonds. The van der Waals surface area contributed by atoms with E-state index in [9.17, 15) is 18.3 Å². The molecule has 1 atom stereocenters. The highest BCUT2D eigenvalue weighted by atomic mass is 35.5. The highest BCUT2D eigenvalue weighted by molar-refractivity contribution is 6.32. The van der Waals surface area contributed by atoms with Crippen molar-refractivity contribution < 1.29 is 23.0 Å². The Morgan fingerprint density at radius 2 is 1.59 bits per heavy atom. The summed E-state index contributed by atoms with van der Waals surface area (Å²) in [5.41, 5.74) is 0.187. The SMILES string of the molecule is CN1CCN(CC(c2ccc(OCc3ccc(C(F)(F)F)cc3)c(Cl)c2)C2(O)CCCCC2)CC1.Cl.Cl. The number of hydrogen-bond acceptors (Lipinski definition) is 4. The number of likely N-dealkylation sites (N-methyl/N-ethyl adjacent to an activating group) is 1. The van der Waals surface area contributed by atoms with E-state index < -0.39 is 17.3 Å². The minimum Gasteiger partial charge on any atom is -0.487 e. The minimum absolute atomic E-state index is 0. The molecule has 1 saturated carbocycles. The first kappa shape index (κ1) is 32.0. The molecule has 2 aromatic rings. The Labute approximate surface area is 234 Å². The Balaban J connectivity index is 0.00000241. The van der Waals surface area contributed by atoms with Gasteiger partial charge in [0.25, 0.3) is 0 Å². The van der Waals surface area contributed by atoms with Gasteiger partial charge in [0.15, 0.2) is 0 Å². The van der Waals surface area contributed by atoms with Gasteiger partial charge in [0, 0.05) is 38.6 Å². The highest BCUT2D eigenvalue weighted by Gasteiger charge is 2.40. The van der Waals surface area contributed by atoms with Crippen LogP contribution in [0.15, 0.2) is 42.5 Å². The fourth-order valence-electron chi connectivity index (χ4n) is 5.19. The second-order valence-corrected chi connectivity index (χ2v) is 10.4. The lowest BCUT2D eigenvalue weighted by Crippen LogP contribution is -2.50. The number of nitrogens with zero attached hydrogens (tertiary/aromatic N) is 2. The van der Waals surface area contributed by atoms with Gasteiger partial charge in [-0.3, -0.25) is 0 Å². The molecule has 0 spiro atoms. The van der Waals surface area contributed by atoms with Crippen LogP contribution in [0, 0.1) is 0 Å². The zero-order valence-electron chi connectivity index (χ0n) is 21.0. The van der Waals surface area contributed by atoms with Crippen LogP contribution >= 0.6 is 36.4 Å². The van der Waals surface area contributed by atoms with E-state index in [1.54, 1.807) is 0 Å². The van der Waals surface area contributed by atoms with Crippen LogP contribution in [0.5, 0.6) is 5.75 Å². The maximum absolute atomic E-state index is 12.8. The third-order valence-electron chi connectivity index (χ3n) is 7.44. The van der Waals surface area contributed by atoms with Gasteiger partial charge >= 0.3 is 6.18 Å². The molecule has 208 valence electrons. The number of halogens is 6. The smallest absolute Gasteiger partial charge is 0.416 e. The van der Waals surface area contributed by atoms with Crippen molar-refractivity contribution in [2.24, 2.45) is 0 Å². The van der Waals surface area contributed by atoms with Crippen molar-refractivity contribution in [3.05, 3.63) is 64.2 Å². The van der Waals surface area contributed by atoms with Crippen molar-refractivity contribution in [3.63, 3.8) is 0 Å². The molecule has 2 aliphatic rings. The lowest BCUT2D eigenvalue weighted by molar-refractivity contribution is -0.137. The molecule has 1 unspecified atom stereocenters. The number of piperazine rings is 1. The molecule has 10 heteroatoms. The van der Waals surface area contributed by atoms with Gasteiger partial charge < -0.3 is 19.6 Å². The average Bonchev–Trinajstić information content (AvgIpc) is 2.83. The molecule has 2 aromatic carbocycles. The van der Waals surface area contributed by atoms with Gasteiger partial charge in [-0.25, -0.2) is 0 Å². The molecule has 37 heavy (non-hydrogen) atoms. The molecule has 1 N–H and O–H groups in total. The summed E-state index contributed by atoms with van der Waals surface area (Å²) in [6.07, 6.45) is 0.419. The predicted molar refractivity (Wildman–Crippen MR) is 146 cm³/mol. The molecule has 4 rings (SSSR count). The quantitative estimate of drug-likeness (QED) is 0.389. The molecule has 1 aliphatic heterocycles. The summed E-state index contributed by atoms with van der Waals surface area (Å²) in [6.45, 7) is 4.89. The summed E-state index contributed by atoms with van der Waals surface area (Å²) in [6, 6.07) is 10.6. The van der Waals surface area contributed by atoms with Crippen LogP contribution in [-0.2, 0) is 12.8 Å². The second-order valence-electron chi connectivity index (χ2n) is 9.99. The summed E-state index contributed by atoms with van der Waals surface area (Å²) >= 11 is 6.60. The lowest BCUT2D eigenvalue weighted by Gasteiger charge is -2.43. The Morgan fingerprint density at radius 1 is 0.973 bits per heavy atom. The molecule has 1 aliphatic carbocycles. The van der Waals surface area contributed by atoms with E-state index >= 15 is 0 Å². The molecule has 2 fully saturated rings. The average molecular weight is 584 g/mol. The van der Waals surface area contributed by atoms with Crippen molar-refractivity contribution in [1.29, 1.82) is 0 Å². The van der Waals surface area contributed by atoms with E-state index in [-0.39, 0.29) is 37.3 Å². The van der Waals surface area contributed by atoms with E-state index in [1.165, 1.54) is 12.1 Å². The first-order valence-corrected chi connectivity index (χ1v) is 12.7. The van der Waals surface area contributed by atoms with Crippen molar-refractivity contribution in [2.75, 3.05) is 39.8 Å². The molecular formula is C27H36Cl3F3N2O2. The van der Waals surface area contributed by atoms with Crippen LogP contribution in [0.4, 0.5) is 13.2 Å². The monoisotopic (exact) mass is 582 g/mol. The fraction of sp³-hybridized carbons (Fsp3) is 0.556. The van der Waals surface area contributed by atoms with E-state index in [1.807, 2.05) is 18.2 Å². The maximum atomic E-state index is 12.8. The van der Waals surface area contributed by atoms with Crippen LogP contribution in [0.2, 0.25) is 5.02 Å². The molecule has 0 radical (unpaired) electrons. The standard InChI is InChI=1S/C27H34ClF3N2O2.2ClH/c1-32-13-15-33(16-14-32)18-23(26(34)11-3-2-4-12-26)21-7-10-25(24(28)17-21)35-19-20-5-8-22(9-6-20)27(29,30)31;;/h5-10,17,23,34H,2-4,11-16,18-19H2,1H3;2*1H. The van der Waals surface area contributed by atoms with Crippen molar-refractivity contribution >= 4 is 36.4 Å². The Kier molecular flexibility index (Phi) is 11.9. The first-order valence-electron chi connectivity index (χ1n) is 12.4. The second kappa shape index (κ2) is 13.7. The first-order chi connectivity index (χ1) is 16.6. The zero-order valence-corrected chi connectivity index (χ0v) is 23.4. The normalized spacial score (nSPS) is 19.4. The van der Waals surface area contributed by atoms with Gasteiger partial charge in [-0.1, -0.05) is 49.1 Å². The number of aliphatic hydroxyl groups is 1. The van der Waals surface area contributed by atoms with E-state index in [2.05, 4.69) is 16.8 Å². The summed E-state index contributed by atoms with van der Waals surface area (Å²) in [5.74, 6) is 0.428. The Morgan fingerprint density at radius 3 is 2.16 bits per heavy atom. The summed E-state index contributed by atoms with van der Waals surface area (Å²) in [4.78, 5) is 4.75. The highest BCUT2D eigenvalue weighted by Crippen LogP contribution is 2.42. The van der Waals surface area contributed by atoms with Crippen molar-refractivity contribution in [1.82, 2.24) is 9.80 Å². The van der Waals surface area contributed by atoms with Crippen LogP contribution in [0.1, 0.15) is 54.7 Å². The Hall–Kier alpha value is -1.22. The third kappa shape index (κ3) is 8.38. The number of alkyl halides is 3. The van der Waals surface area contributed by atoms with Gasteiger partial charge in [-0.2, -0.15) is 13.2 Å². The van der Waals surface area contributed by atoms with Gasteiger partial charge in [0.1, 0.15) is 12.4 Å². The van der Waals surface area contributed by atoms with Crippen LogP contribution in [-0.4, -0.2) is 60.3 Å². The number of ether oxygens (including phenoxy) is 1.